The molecule has 0 bridgehead atoms. The number of amides is 1. The van der Waals surface area contributed by atoms with Crippen LogP contribution in [0.4, 0.5) is 0 Å². The summed E-state index contributed by atoms with van der Waals surface area (Å²) in [6, 6.07) is 7.79. The van der Waals surface area contributed by atoms with Gasteiger partial charge in [-0.05, 0) is 29.1 Å². The highest BCUT2D eigenvalue weighted by atomic mass is 32.1. The van der Waals surface area contributed by atoms with Crippen LogP contribution < -0.4 is 0 Å². The third-order valence-electron chi connectivity index (χ3n) is 3.95. The van der Waals surface area contributed by atoms with Crippen molar-refractivity contribution in [3.8, 4) is 11.5 Å². The Morgan fingerprint density at radius 1 is 1.19 bits per heavy atom. The van der Waals surface area contributed by atoms with E-state index in [1.54, 1.807) is 23.3 Å². The molecule has 0 radical (unpaired) electrons. The van der Waals surface area contributed by atoms with E-state index in [0.29, 0.717) is 31.2 Å². The molecule has 4 aromatic rings. The van der Waals surface area contributed by atoms with Crippen molar-refractivity contribution in [2.45, 2.75) is 19.4 Å². The second kappa shape index (κ2) is 7.30. The Kier molecular flexibility index (Phi) is 4.72. The van der Waals surface area contributed by atoms with Crippen molar-refractivity contribution in [3.63, 3.8) is 0 Å². The summed E-state index contributed by atoms with van der Waals surface area (Å²) in [5, 5.41) is 11.9. The largest absolute Gasteiger partial charge is 0.421 e. The Bertz CT molecular complexity index is 1020. The van der Waals surface area contributed by atoms with E-state index in [1.807, 2.05) is 35.0 Å². The molecule has 0 aliphatic heterocycles. The summed E-state index contributed by atoms with van der Waals surface area (Å²) in [7, 11) is 1.79. The zero-order chi connectivity index (χ0) is 17.9. The first-order valence-corrected chi connectivity index (χ1v) is 9.66. The molecule has 0 N–H and O–H groups in total. The summed E-state index contributed by atoms with van der Waals surface area (Å²) in [6.45, 7) is 0.524. The standard InChI is InChI=1S/C17H15N5O2S2/c1-22(9-11-2-3-13-14(8-11)21-26-20-13)16(23)5-4-15-18-19-17(24-15)12-6-7-25-10-12/h2-3,6-8,10H,4-5,9H2,1H3. The molecule has 0 saturated heterocycles. The maximum Gasteiger partial charge on any atom is 0.248 e. The summed E-state index contributed by atoms with van der Waals surface area (Å²) in [5.74, 6) is 0.993. The number of nitrogens with zero attached hydrogens (tertiary/aromatic N) is 5. The summed E-state index contributed by atoms with van der Waals surface area (Å²) in [5.41, 5.74) is 3.67. The summed E-state index contributed by atoms with van der Waals surface area (Å²) >= 11 is 2.76. The highest BCUT2D eigenvalue weighted by molar-refractivity contribution is 7.08. The number of hydrogen-bond acceptors (Lipinski definition) is 8. The van der Waals surface area contributed by atoms with Crippen LogP contribution in [-0.2, 0) is 17.8 Å². The van der Waals surface area contributed by atoms with Gasteiger partial charge in [0.1, 0.15) is 11.0 Å². The summed E-state index contributed by atoms with van der Waals surface area (Å²) in [6.07, 6.45) is 0.748. The lowest BCUT2D eigenvalue weighted by molar-refractivity contribution is -0.130. The minimum atomic E-state index is 0.0248. The molecule has 3 heterocycles. The van der Waals surface area contributed by atoms with Crippen LogP contribution in [0, 0.1) is 0 Å². The molecule has 26 heavy (non-hydrogen) atoms. The number of aryl methyl sites for hydroxylation is 1. The van der Waals surface area contributed by atoms with Gasteiger partial charge in [-0.3, -0.25) is 4.79 Å². The number of aromatic nitrogens is 4. The van der Waals surface area contributed by atoms with E-state index in [0.717, 1.165) is 22.2 Å². The van der Waals surface area contributed by atoms with Crippen LogP contribution in [0.25, 0.3) is 22.5 Å². The molecule has 0 aliphatic carbocycles. The average Bonchev–Trinajstić information content (AvgIpc) is 3.39. The number of rotatable bonds is 6. The molecule has 0 unspecified atom stereocenters. The van der Waals surface area contributed by atoms with Gasteiger partial charge < -0.3 is 9.32 Å². The lowest BCUT2D eigenvalue weighted by atomic mass is 10.2. The average molecular weight is 385 g/mol. The van der Waals surface area contributed by atoms with Crippen molar-refractivity contribution >= 4 is 40.0 Å². The normalized spacial score (nSPS) is 11.1. The monoisotopic (exact) mass is 385 g/mol. The number of benzene rings is 1. The fourth-order valence-corrected chi connectivity index (χ4v) is 3.70. The van der Waals surface area contributed by atoms with Gasteiger partial charge in [-0.25, -0.2) is 0 Å². The molecule has 3 aromatic heterocycles. The van der Waals surface area contributed by atoms with Crippen molar-refractivity contribution < 1.29 is 9.21 Å². The molecular weight excluding hydrogens is 370 g/mol. The highest BCUT2D eigenvalue weighted by Gasteiger charge is 2.14. The first kappa shape index (κ1) is 16.8. The van der Waals surface area contributed by atoms with Crippen molar-refractivity contribution in [2.75, 3.05) is 7.05 Å². The molecule has 0 spiro atoms. The number of fused-ring (bicyclic) bond motifs is 1. The van der Waals surface area contributed by atoms with E-state index in [2.05, 4.69) is 18.9 Å². The van der Waals surface area contributed by atoms with Crippen LogP contribution in [0.1, 0.15) is 17.9 Å². The minimum Gasteiger partial charge on any atom is -0.421 e. The Hall–Kier alpha value is -2.65. The molecule has 4 rings (SSSR count). The van der Waals surface area contributed by atoms with E-state index in [-0.39, 0.29) is 5.91 Å². The number of carbonyl (C=O) groups is 1. The van der Waals surface area contributed by atoms with Crippen LogP contribution in [0.2, 0.25) is 0 Å². The molecule has 7 nitrogen and oxygen atoms in total. The van der Waals surface area contributed by atoms with Gasteiger partial charge >= 0.3 is 0 Å². The molecule has 0 saturated carbocycles. The van der Waals surface area contributed by atoms with Crippen molar-refractivity contribution in [1.29, 1.82) is 0 Å². The predicted molar refractivity (Wildman–Crippen MR) is 99.8 cm³/mol. The number of hydrogen-bond donors (Lipinski definition) is 0. The molecule has 9 heteroatoms. The third-order valence-corrected chi connectivity index (χ3v) is 5.19. The van der Waals surface area contributed by atoms with Gasteiger partial charge in [-0.15, -0.1) is 10.2 Å². The number of carbonyl (C=O) groups excluding carboxylic acids is 1. The van der Waals surface area contributed by atoms with Gasteiger partial charge in [-0.2, -0.15) is 20.1 Å². The van der Waals surface area contributed by atoms with E-state index in [4.69, 9.17) is 4.42 Å². The Labute approximate surface area is 157 Å². The predicted octanol–water partition coefficient (Wildman–Crippen LogP) is 3.39. The highest BCUT2D eigenvalue weighted by Crippen LogP contribution is 2.21. The third kappa shape index (κ3) is 3.63. The van der Waals surface area contributed by atoms with Gasteiger partial charge in [0, 0.05) is 37.4 Å². The van der Waals surface area contributed by atoms with Crippen LogP contribution in [0.15, 0.2) is 39.4 Å². The lowest BCUT2D eigenvalue weighted by Crippen LogP contribution is -2.26. The van der Waals surface area contributed by atoms with Gasteiger partial charge in [0.05, 0.1) is 11.7 Å². The molecule has 1 amide bonds. The fraction of sp³-hybridized carbons (Fsp3) is 0.235. The molecular formula is C17H15N5O2S2. The fourth-order valence-electron chi connectivity index (χ4n) is 2.55. The van der Waals surface area contributed by atoms with Gasteiger partial charge in [-0.1, -0.05) is 6.07 Å². The van der Waals surface area contributed by atoms with E-state index in [1.165, 1.54) is 11.7 Å². The molecule has 132 valence electrons. The number of thiophene rings is 1. The van der Waals surface area contributed by atoms with Crippen molar-refractivity contribution in [2.24, 2.45) is 0 Å². The van der Waals surface area contributed by atoms with E-state index >= 15 is 0 Å². The molecule has 0 atom stereocenters. The van der Waals surface area contributed by atoms with Crippen molar-refractivity contribution in [3.05, 3.63) is 46.5 Å². The van der Waals surface area contributed by atoms with Crippen LogP contribution >= 0.6 is 23.1 Å². The first-order valence-electron chi connectivity index (χ1n) is 7.99. The smallest absolute Gasteiger partial charge is 0.248 e. The van der Waals surface area contributed by atoms with Gasteiger partial charge in [0.2, 0.25) is 17.7 Å². The topological polar surface area (TPSA) is 85.0 Å². The second-order valence-corrected chi connectivity index (χ2v) is 7.16. The first-order chi connectivity index (χ1) is 12.7. The zero-order valence-electron chi connectivity index (χ0n) is 14.0. The zero-order valence-corrected chi connectivity index (χ0v) is 15.6. The Balaban J connectivity index is 1.34. The van der Waals surface area contributed by atoms with Gasteiger partial charge in [0.15, 0.2) is 0 Å². The lowest BCUT2D eigenvalue weighted by Gasteiger charge is -2.16. The van der Waals surface area contributed by atoms with E-state index in [9.17, 15) is 4.79 Å². The van der Waals surface area contributed by atoms with E-state index < -0.39 is 0 Å². The molecule has 0 fully saturated rings. The van der Waals surface area contributed by atoms with Gasteiger partial charge in [0.25, 0.3) is 0 Å². The summed E-state index contributed by atoms with van der Waals surface area (Å²) < 4.78 is 14.0. The SMILES string of the molecule is CN(Cc1ccc2nsnc2c1)C(=O)CCc1nnc(-c2ccsc2)o1. The maximum atomic E-state index is 12.4. The second-order valence-electron chi connectivity index (χ2n) is 5.85. The molecule has 1 aromatic carbocycles. The quantitative estimate of drug-likeness (QED) is 0.506. The van der Waals surface area contributed by atoms with Crippen LogP contribution in [0.3, 0.4) is 0 Å². The summed E-state index contributed by atoms with van der Waals surface area (Å²) in [4.78, 5) is 14.1. The Morgan fingerprint density at radius 3 is 2.92 bits per heavy atom. The minimum absolute atomic E-state index is 0.0248. The maximum absolute atomic E-state index is 12.4. The molecule has 0 aliphatic rings. The van der Waals surface area contributed by atoms with Crippen LogP contribution in [0.5, 0.6) is 0 Å². The Morgan fingerprint density at radius 2 is 2.08 bits per heavy atom. The van der Waals surface area contributed by atoms with Crippen LogP contribution in [-0.4, -0.2) is 36.8 Å². The van der Waals surface area contributed by atoms with Crippen molar-refractivity contribution in [1.82, 2.24) is 23.8 Å².